The number of carbonyl (C=O) groups is 8. The normalized spacial score (nSPS) is 15.7. The third-order valence-electron chi connectivity index (χ3n) is 8.91. The van der Waals surface area contributed by atoms with E-state index in [9.17, 15) is 43.5 Å². The van der Waals surface area contributed by atoms with Gasteiger partial charge in [-0.15, -0.1) is 0 Å². The van der Waals surface area contributed by atoms with Gasteiger partial charge in [0.05, 0.1) is 30.6 Å². The van der Waals surface area contributed by atoms with Gasteiger partial charge in [0.15, 0.2) is 12.4 Å². The lowest BCUT2D eigenvalue weighted by atomic mass is 9.90. The molecule has 0 spiro atoms. The molecule has 60 heavy (non-hydrogen) atoms. The minimum absolute atomic E-state index is 0.0754. The van der Waals surface area contributed by atoms with Crippen LogP contribution in [0.4, 0.5) is 0 Å². The molecule has 1 heterocycles. The summed E-state index contributed by atoms with van der Waals surface area (Å²) >= 11 is 0. The molecule has 0 unspecified atom stereocenters. The lowest BCUT2D eigenvalue weighted by Gasteiger charge is -2.32. The number of amides is 4. The number of allylic oxidation sites excluding steroid dienone is 8. The SMILES string of the molecule is C=C1C=C/C=C(/C(=O)ON(C=O)[C@H](CC)[C@@H](CCCCC)C(=O)NCNC(=O)c2ccc(-c3ccc(C(=O)N[C@@H](CC(=O)O)C(=O)O)c(OCC(=O)O)c3)o2)C/C=C\C=C/1. The molecule has 0 fully saturated rings. The van der Waals surface area contributed by atoms with Gasteiger partial charge in [-0.25, -0.2) is 14.4 Å². The molecule has 0 saturated carbocycles. The summed E-state index contributed by atoms with van der Waals surface area (Å²) in [5.41, 5.74) is 0.887. The van der Waals surface area contributed by atoms with Crippen LogP contribution in [0.2, 0.25) is 0 Å². The second kappa shape index (κ2) is 23.9. The van der Waals surface area contributed by atoms with Crippen molar-refractivity contribution in [3.8, 4) is 17.1 Å². The summed E-state index contributed by atoms with van der Waals surface area (Å²) in [7, 11) is 0. The molecule has 320 valence electrons. The molecule has 0 radical (unpaired) electrons. The molecule has 3 rings (SSSR count). The third-order valence-corrected chi connectivity index (χ3v) is 8.91. The average molecular weight is 833 g/mol. The van der Waals surface area contributed by atoms with E-state index >= 15 is 0 Å². The standard InChI is InChI=1S/C42H48N4O14/c1-4-6-8-16-29(32(5-2)46(25-47)60-42(57)27-14-10-7-9-12-26(3)13-11-15-27)38(52)43-24-44-40(54)34-20-19-33(59-34)28-17-18-30(35(21-28)58-23-37(50)51)39(53)45-31(41(55)56)22-36(48)49/h7,9-13,15,17-21,25,29,31-32H,3-6,8,14,16,22-24H2,1-2H3,(H,43,52)(H,44,54)(H,45,53)(H,48,49)(H,50,51)(H,55,56)/b10-7-,12-9-,13-11?,27-15+/t29-,31+,32-/m1/s1. The first-order valence-electron chi connectivity index (χ1n) is 18.9. The largest absolute Gasteiger partial charge is 0.481 e. The molecule has 1 aliphatic rings. The summed E-state index contributed by atoms with van der Waals surface area (Å²) in [5, 5.41) is 35.6. The number of rotatable bonds is 23. The minimum atomic E-state index is -1.79. The molecule has 1 aromatic carbocycles. The molecule has 18 heteroatoms. The van der Waals surface area contributed by atoms with Crippen molar-refractivity contribution in [3.63, 3.8) is 0 Å². The van der Waals surface area contributed by atoms with E-state index in [1.165, 1.54) is 30.3 Å². The molecule has 4 amide bonds. The van der Waals surface area contributed by atoms with Crippen molar-refractivity contribution in [1.82, 2.24) is 21.0 Å². The molecule has 1 aliphatic carbocycles. The Kier molecular flexibility index (Phi) is 18.7. The number of carbonyl (C=O) groups excluding carboxylic acids is 5. The number of nitrogens with zero attached hydrogens (tertiary/aromatic N) is 1. The summed E-state index contributed by atoms with van der Waals surface area (Å²) in [6, 6.07) is 3.82. The fourth-order valence-electron chi connectivity index (χ4n) is 5.87. The van der Waals surface area contributed by atoms with E-state index in [0.29, 0.717) is 24.8 Å². The summed E-state index contributed by atoms with van der Waals surface area (Å²) < 4.78 is 10.9. The number of carboxylic acid groups (broad SMARTS) is 3. The first-order valence-corrected chi connectivity index (χ1v) is 18.9. The lowest BCUT2D eigenvalue weighted by molar-refractivity contribution is -0.200. The van der Waals surface area contributed by atoms with Crippen LogP contribution in [0.3, 0.4) is 0 Å². The number of ether oxygens (including phenoxy) is 1. The molecular weight excluding hydrogens is 784 g/mol. The van der Waals surface area contributed by atoms with Crippen molar-refractivity contribution in [1.29, 1.82) is 0 Å². The maximum Gasteiger partial charge on any atom is 0.359 e. The summed E-state index contributed by atoms with van der Waals surface area (Å²) in [6.45, 7) is 6.39. The molecule has 3 atom stereocenters. The zero-order valence-electron chi connectivity index (χ0n) is 33.1. The van der Waals surface area contributed by atoms with E-state index < -0.39 is 72.6 Å². The monoisotopic (exact) mass is 832 g/mol. The topological polar surface area (TPSA) is 268 Å². The van der Waals surface area contributed by atoms with Crippen LogP contribution in [0.15, 0.2) is 95.0 Å². The number of carboxylic acids is 3. The van der Waals surface area contributed by atoms with Gasteiger partial charge in [0.2, 0.25) is 12.3 Å². The third kappa shape index (κ3) is 14.6. The van der Waals surface area contributed by atoms with E-state index in [0.717, 1.165) is 17.9 Å². The number of benzene rings is 1. The maximum absolute atomic E-state index is 13.6. The van der Waals surface area contributed by atoms with E-state index in [1.807, 2.05) is 6.92 Å². The van der Waals surface area contributed by atoms with Gasteiger partial charge in [0.1, 0.15) is 17.6 Å². The van der Waals surface area contributed by atoms with E-state index in [2.05, 4.69) is 22.5 Å². The molecule has 0 saturated heterocycles. The van der Waals surface area contributed by atoms with Crippen LogP contribution in [0.25, 0.3) is 11.3 Å². The number of hydrogen-bond acceptors (Lipinski definition) is 11. The number of aliphatic carboxylic acids is 3. The van der Waals surface area contributed by atoms with Crippen LogP contribution in [0.1, 0.15) is 79.7 Å². The van der Waals surface area contributed by atoms with Crippen LogP contribution in [-0.4, -0.2) is 93.8 Å². The Labute approximate surface area is 345 Å². The van der Waals surface area contributed by atoms with Crippen molar-refractivity contribution < 1.29 is 67.7 Å². The van der Waals surface area contributed by atoms with Gasteiger partial charge in [-0.2, -0.15) is 5.06 Å². The van der Waals surface area contributed by atoms with Crippen molar-refractivity contribution in [2.24, 2.45) is 5.92 Å². The fourth-order valence-corrected chi connectivity index (χ4v) is 5.87. The first kappa shape index (κ1) is 47.1. The quantitative estimate of drug-likeness (QED) is 0.0394. The molecule has 1 aromatic heterocycles. The number of nitrogens with one attached hydrogen (secondary N) is 3. The molecular formula is C42H48N4O14. The van der Waals surface area contributed by atoms with Gasteiger partial charge < -0.3 is 45.3 Å². The predicted octanol–water partition coefficient (Wildman–Crippen LogP) is 4.32. The van der Waals surface area contributed by atoms with Crippen molar-refractivity contribution in [3.05, 3.63) is 102 Å². The Morgan fingerprint density at radius 3 is 2.35 bits per heavy atom. The zero-order valence-corrected chi connectivity index (χ0v) is 33.1. The maximum atomic E-state index is 13.6. The van der Waals surface area contributed by atoms with Crippen molar-refractivity contribution in [2.75, 3.05) is 13.3 Å². The Balaban J connectivity index is 1.73. The van der Waals surface area contributed by atoms with E-state index in [1.54, 1.807) is 49.5 Å². The molecule has 0 aliphatic heterocycles. The van der Waals surface area contributed by atoms with Crippen molar-refractivity contribution >= 4 is 48.0 Å². The Morgan fingerprint density at radius 2 is 1.68 bits per heavy atom. The summed E-state index contributed by atoms with van der Waals surface area (Å²) in [6.07, 6.45) is 14.6. The van der Waals surface area contributed by atoms with E-state index in [-0.39, 0.29) is 53.5 Å². The number of hydrogen-bond donors (Lipinski definition) is 6. The van der Waals surface area contributed by atoms with Gasteiger partial charge in [0.25, 0.3) is 11.8 Å². The Morgan fingerprint density at radius 1 is 0.933 bits per heavy atom. The second-order valence-corrected chi connectivity index (χ2v) is 13.3. The first-order chi connectivity index (χ1) is 28.7. The fraction of sp³-hybridized carbons (Fsp3) is 0.333. The number of furan rings is 1. The van der Waals surface area contributed by atoms with Crippen LogP contribution >= 0.6 is 0 Å². The highest BCUT2D eigenvalue weighted by Gasteiger charge is 2.34. The zero-order chi connectivity index (χ0) is 44.2. The van der Waals surface area contributed by atoms with Gasteiger partial charge in [-0.05, 0) is 49.1 Å². The van der Waals surface area contributed by atoms with Gasteiger partial charge >= 0.3 is 23.9 Å². The van der Waals surface area contributed by atoms with Crippen molar-refractivity contribution in [2.45, 2.75) is 70.9 Å². The van der Waals surface area contributed by atoms with Gasteiger partial charge in [0, 0.05) is 11.1 Å². The number of unbranched alkanes of at least 4 members (excludes halogenated alkanes) is 2. The minimum Gasteiger partial charge on any atom is -0.481 e. The highest BCUT2D eigenvalue weighted by Crippen LogP contribution is 2.30. The van der Waals surface area contributed by atoms with Gasteiger partial charge in [-0.3, -0.25) is 24.0 Å². The Bertz CT molecular complexity index is 2050. The second-order valence-electron chi connectivity index (χ2n) is 13.3. The van der Waals surface area contributed by atoms with Crippen LogP contribution in [0.5, 0.6) is 5.75 Å². The van der Waals surface area contributed by atoms with Crippen LogP contribution in [-0.2, 0) is 33.6 Å². The predicted molar refractivity (Wildman–Crippen MR) is 214 cm³/mol. The highest BCUT2D eigenvalue weighted by molar-refractivity contribution is 6.00. The molecule has 2 aromatic rings. The highest BCUT2D eigenvalue weighted by atomic mass is 16.7. The van der Waals surface area contributed by atoms with Crippen LogP contribution < -0.4 is 20.7 Å². The number of hydroxylamine groups is 2. The summed E-state index contributed by atoms with van der Waals surface area (Å²) in [4.78, 5) is 104. The molecule has 18 nitrogen and oxygen atoms in total. The smallest absolute Gasteiger partial charge is 0.359 e. The average Bonchev–Trinajstić information content (AvgIpc) is 3.71. The molecule has 6 N–H and O–H groups in total. The Hall–Kier alpha value is -7.24. The lowest BCUT2D eigenvalue weighted by Crippen LogP contribution is -2.49. The molecule has 0 bridgehead atoms. The van der Waals surface area contributed by atoms with E-state index in [4.69, 9.17) is 24.2 Å². The van der Waals surface area contributed by atoms with Gasteiger partial charge in [-0.1, -0.05) is 88.3 Å². The summed E-state index contributed by atoms with van der Waals surface area (Å²) in [5.74, 6) is -8.80. The van der Waals surface area contributed by atoms with Crippen LogP contribution in [0, 0.1) is 5.92 Å².